The maximum Gasteiger partial charge on any atom is 0.0640 e. The summed E-state index contributed by atoms with van der Waals surface area (Å²) in [6.07, 6.45) is 13.9. The first kappa shape index (κ1) is 21.0. The van der Waals surface area contributed by atoms with Gasteiger partial charge < -0.3 is 9.94 Å². The van der Waals surface area contributed by atoms with Crippen molar-refractivity contribution in [1.29, 1.82) is 0 Å². The summed E-state index contributed by atoms with van der Waals surface area (Å²) in [5.74, 6) is 4.36. The van der Waals surface area contributed by atoms with Crippen LogP contribution < -0.4 is 0 Å². The van der Waals surface area contributed by atoms with E-state index in [0.717, 1.165) is 42.4 Å². The van der Waals surface area contributed by atoms with E-state index in [4.69, 9.17) is 4.74 Å². The Morgan fingerprint density at radius 3 is 2.29 bits per heavy atom. The molecule has 3 heteroatoms. The van der Waals surface area contributed by atoms with Gasteiger partial charge in [-0.15, -0.1) is 0 Å². The van der Waals surface area contributed by atoms with E-state index in [2.05, 4.69) is 39.8 Å². The van der Waals surface area contributed by atoms with Crippen LogP contribution in [0.1, 0.15) is 98.8 Å². The number of fused-ring (bicyclic) bond motifs is 5. The van der Waals surface area contributed by atoms with Gasteiger partial charge in [-0.25, -0.2) is 0 Å². The van der Waals surface area contributed by atoms with Crippen molar-refractivity contribution in [2.45, 2.75) is 105 Å². The zero-order chi connectivity index (χ0) is 21.8. The lowest BCUT2D eigenvalue weighted by atomic mass is 9.33. The fourth-order valence-electron chi connectivity index (χ4n) is 11.7. The van der Waals surface area contributed by atoms with Gasteiger partial charge >= 0.3 is 0 Å². The molecule has 0 aromatic rings. The van der Waals surface area contributed by atoms with Gasteiger partial charge in [0.2, 0.25) is 0 Å². The predicted octanol–water partition coefficient (Wildman–Crippen LogP) is 6.93. The van der Waals surface area contributed by atoms with Gasteiger partial charge in [-0.1, -0.05) is 39.8 Å². The highest BCUT2D eigenvalue weighted by Crippen LogP contribution is 2.76. The molecule has 11 atom stereocenters. The zero-order valence-electron chi connectivity index (χ0n) is 20.6. The van der Waals surface area contributed by atoms with E-state index in [1.807, 2.05) is 0 Å². The Labute approximate surface area is 189 Å². The molecule has 3 nitrogen and oxygen atoms in total. The Morgan fingerprint density at radius 1 is 0.839 bits per heavy atom. The Balaban J connectivity index is 1.37. The van der Waals surface area contributed by atoms with E-state index in [-0.39, 0.29) is 0 Å². The third-order valence-electron chi connectivity index (χ3n) is 13.0. The number of ether oxygens (including phenoxy) is 1. The number of rotatable bonds is 0. The summed E-state index contributed by atoms with van der Waals surface area (Å²) in [5, 5.41) is 13.3. The minimum atomic E-state index is 0.409. The lowest BCUT2D eigenvalue weighted by Gasteiger charge is -2.71. The molecule has 0 aromatic carbocycles. The highest BCUT2D eigenvalue weighted by atomic mass is 16.5. The maximum atomic E-state index is 9.57. The molecule has 1 N–H and O–H groups in total. The minimum absolute atomic E-state index is 0.409. The Bertz CT molecular complexity index is 794. The summed E-state index contributed by atoms with van der Waals surface area (Å²) in [6.45, 7) is 13.9. The van der Waals surface area contributed by atoms with Crippen molar-refractivity contribution in [3.05, 3.63) is 0 Å². The normalized spacial score (nSPS) is 61.8. The predicted molar refractivity (Wildman–Crippen MR) is 124 cm³/mol. The first-order valence-electron chi connectivity index (χ1n) is 13.5. The molecular formula is C28H45NO2. The Hall–Kier alpha value is -0.570. The molecule has 1 aliphatic heterocycles. The summed E-state index contributed by atoms with van der Waals surface area (Å²) in [6, 6.07) is 0. The average molecular weight is 428 g/mol. The number of nitrogens with zero attached hydrogens (tertiary/aromatic N) is 1. The summed E-state index contributed by atoms with van der Waals surface area (Å²) < 4.78 is 6.62. The molecule has 0 radical (unpaired) electrons. The van der Waals surface area contributed by atoms with Crippen LogP contribution in [-0.4, -0.2) is 23.6 Å². The molecule has 5 saturated carbocycles. The van der Waals surface area contributed by atoms with Gasteiger partial charge in [0, 0.05) is 5.92 Å². The average Bonchev–Trinajstić information content (AvgIpc) is 3.06. The van der Waals surface area contributed by atoms with Crippen molar-refractivity contribution in [3.63, 3.8) is 0 Å². The third-order valence-corrected chi connectivity index (χ3v) is 13.0. The van der Waals surface area contributed by atoms with E-state index in [1.54, 1.807) is 0 Å². The summed E-state index contributed by atoms with van der Waals surface area (Å²) >= 11 is 0. The quantitative estimate of drug-likeness (QED) is 0.336. The van der Waals surface area contributed by atoms with Crippen LogP contribution in [0.2, 0.25) is 0 Å². The second-order valence-corrected chi connectivity index (χ2v) is 13.9. The van der Waals surface area contributed by atoms with Gasteiger partial charge in [-0.05, 0) is 115 Å². The van der Waals surface area contributed by atoms with Crippen molar-refractivity contribution >= 4 is 5.71 Å². The van der Waals surface area contributed by atoms with Crippen LogP contribution >= 0.6 is 0 Å². The lowest BCUT2D eigenvalue weighted by Crippen LogP contribution is -2.65. The molecule has 31 heavy (non-hydrogen) atoms. The second-order valence-electron chi connectivity index (χ2n) is 13.9. The first-order valence-corrected chi connectivity index (χ1v) is 13.5. The van der Waals surface area contributed by atoms with Crippen LogP contribution in [0.25, 0.3) is 0 Å². The van der Waals surface area contributed by atoms with Crippen LogP contribution in [0.5, 0.6) is 0 Å². The zero-order valence-corrected chi connectivity index (χ0v) is 20.6. The minimum Gasteiger partial charge on any atom is -0.411 e. The molecular weight excluding hydrogens is 382 g/mol. The topological polar surface area (TPSA) is 41.8 Å². The molecule has 0 spiro atoms. The Kier molecular flexibility index (Phi) is 4.41. The molecule has 6 rings (SSSR count). The highest BCUT2D eigenvalue weighted by molar-refractivity contribution is 5.87. The van der Waals surface area contributed by atoms with Crippen LogP contribution in [0.15, 0.2) is 5.16 Å². The largest absolute Gasteiger partial charge is 0.411 e. The van der Waals surface area contributed by atoms with Gasteiger partial charge in [0.1, 0.15) is 0 Å². The van der Waals surface area contributed by atoms with Crippen molar-refractivity contribution in [2.75, 3.05) is 6.61 Å². The fourth-order valence-corrected chi connectivity index (χ4v) is 11.7. The molecule has 6 aliphatic rings. The van der Waals surface area contributed by atoms with Crippen LogP contribution in [0.3, 0.4) is 0 Å². The lowest BCUT2D eigenvalue weighted by molar-refractivity contribution is -0.218. The summed E-state index contributed by atoms with van der Waals surface area (Å²) in [7, 11) is 0. The van der Waals surface area contributed by atoms with E-state index in [9.17, 15) is 5.21 Å². The van der Waals surface area contributed by atoms with E-state index in [1.165, 1.54) is 57.8 Å². The molecule has 6 fully saturated rings. The Morgan fingerprint density at radius 2 is 1.52 bits per heavy atom. The standard InChI is InChI=1S/C28H45NO2/c1-17-6-14-28-15-10-22-26(4)11-7-19-18(2)20(29-30)8-12-25(19,3)21(26)9-13-27(22,5)24(28)23(17)31-16-28/h17-19,21-24,30H,6-16H2,1-5H3/b29-20-/t17-,18+,19+,21-,22-,23+,24-,25-,26+,27-,28+/m0/s1. The number of hydrogen-bond donors (Lipinski definition) is 1. The third kappa shape index (κ3) is 2.43. The molecule has 0 aromatic heterocycles. The van der Waals surface area contributed by atoms with Crippen LogP contribution in [0.4, 0.5) is 0 Å². The molecule has 0 unspecified atom stereocenters. The van der Waals surface area contributed by atoms with Crippen molar-refractivity contribution in [1.82, 2.24) is 0 Å². The molecule has 5 aliphatic carbocycles. The van der Waals surface area contributed by atoms with Gasteiger partial charge in [-0.2, -0.15) is 0 Å². The van der Waals surface area contributed by atoms with E-state index in [0.29, 0.717) is 39.6 Å². The second kappa shape index (κ2) is 6.51. The molecule has 0 amide bonds. The van der Waals surface area contributed by atoms with Gasteiger partial charge in [0.25, 0.3) is 0 Å². The van der Waals surface area contributed by atoms with Crippen molar-refractivity contribution in [2.24, 2.45) is 62.3 Å². The van der Waals surface area contributed by atoms with Crippen molar-refractivity contribution < 1.29 is 9.94 Å². The number of hydrogen-bond acceptors (Lipinski definition) is 3. The van der Waals surface area contributed by atoms with Gasteiger partial charge in [0.05, 0.1) is 18.4 Å². The first-order chi connectivity index (χ1) is 14.7. The highest BCUT2D eigenvalue weighted by Gasteiger charge is 2.71. The SMILES string of the molecule is C[C@H]1CC[C@]23CC[C@H]4[C@]5(C)CC[C@@H]6[C@@H](C)/C(=N\O)CC[C@]6(C)[C@@H]5CC[C@]4(C)[C@@H]2[C@@H]1OC3. The van der Waals surface area contributed by atoms with E-state index >= 15 is 0 Å². The monoisotopic (exact) mass is 427 g/mol. The van der Waals surface area contributed by atoms with Gasteiger partial charge in [0.15, 0.2) is 0 Å². The smallest absolute Gasteiger partial charge is 0.0640 e. The summed E-state index contributed by atoms with van der Waals surface area (Å²) in [5.41, 5.74) is 2.90. The van der Waals surface area contributed by atoms with Crippen molar-refractivity contribution in [3.8, 4) is 0 Å². The fraction of sp³-hybridized carbons (Fsp3) is 0.964. The molecule has 2 bridgehead atoms. The molecule has 1 saturated heterocycles. The molecule has 1 heterocycles. The summed E-state index contributed by atoms with van der Waals surface area (Å²) in [4.78, 5) is 0. The van der Waals surface area contributed by atoms with Crippen LogP contribution in [-0.2, 0) is 4.74 Å². The maximum absolute atomic E-state index is 9.57. The number of oxime groups is 1. The van der Waals surface area contributed by atoms with E-state index < -0.39 is 0 Å². The van der Waals surface area contributed by atoms with Crippen LogP contribution in [0, 0.1) is 57.2 Å². The molecule has 174 valence electrons. The van der Waals surface area contributed by atoms with Gasteiger partial charge in [-0.3, -0.25) is 0 Å².